The lowest BCUT2D eigenvalue weighted by Crippen LogP contribution is -2.51. The van der Waals surface area contributed by atoms with E-state index in [2.05, 4.69) is 51.3 Å². The van der Waals surface area contributed by atoms with Crippen LogP contribution < -0.4 is 16.8 Å². The number of allylic oxidation sites excluding steroid dienone is 1. The van der Waals surface area contributed by atoms with E-state index in [0.29, 0.717) is 12.0 Å². The molecule has 0 radical (unpaired) electrons. The molecule has 8 atom stereocenters. The van der Waals surface area contributed by atoms with E-state index in [0.717, 1.165) is 59.7 Å². The van der Waals surface area contributed by atoms with Gasteiger partial charge < -0.3 is 26.3 Å². The molecule has 0 aromatic rings. The van der Waals surface area contributed by atoms with Gasteiger partial charge in [0.25, 0.3) is 11.8 Å². The Bertz CT molecular complexity index is 1360. The number of hydrogen-bond donors (Lipinski definition) is 3. The zero-order valence-electron chi connectivity index (χ0n) is 33.2. The molecule has 11 heteroatoms. The predicted octanol–water partition coefficient (Wildman–Crippen LogP) is 6.45. The molecule has 4 aliphatic carbocycles. The molecule has 11 nitrogen and oxygen atoms in total. The van der Waals surface area contributed by atoms with Crippen LogP contribution in [0.2, 0.25) is 0 Å². The first-order valence-corrected chi connectivity index (χ1v) is 20.4. The van der Waals surface area contributed by atoms with Crippen molar-refractivity contribution in [3.8, 4) is 0 Å². The van der Waals surface area contributed by atoms with Crippen molar-refractivity contribution in [2.75, 3.05) is 32.8 Å². The zero-order valence-corrected chi connectivity index (χ0v) is 33.2. The van der Waals surface area contributed by atoms with Gasteiger partial charge in [-0.3, -0.25) is 28.9 Å². The normalized spacial score (nSPS) is 30.9. The largest absolute Gasteiger partial charge is 0.462 e. The van der Waals surface area contributed by atoms with Gasteiger partial charge in [0.15, 0.2) is 0 Å². The van der Waals surface area contributed by atoms with E-state index >= 15 is 0 Å². The summed E-state index contributed by atoms with van der Waals surface area (Å²) in [6.45, 7) is 13.5. The van der Waals surface area contributed by atoms with Crippen molar-refractivity contribution in [2.24, 2.45) is 46.3 Å². The molecule has 0 aromatic heterocycles. The van der Waals surface area contributed by atoms with Crippen LogP contribution in [0.1, 0.15) is 125 Å². The number of ether oxygens (including phenoxy) is 2. The highest BCUT2D eigenvalue weighted by Crippen LogP contribution is 2.67. The molecule has 0 spiro atoms. The van der Waals surface area contributed by atoms with Crippen molar-refractivity contribution in [3.05, 3.63) is 23.8 Å². The summed E-state index contributed by atoms with van der Waals surface area (Å²) >= 11 is 0. The highest BCUT2D eigenvalue weighted by Gasteiger charge is 2.59. The molecule has 4 amide bonds. The molecule has 298 valence electrons. The van der Waals surface area contributed by atoms with Gasteiger partial charge in [0.05, 0.1) is 19.6 Å². The van der Waals surface area contributed by atoms with Gasteiger partial charge in [0.2, 0.25) is 11.8 Å². The molecule has 0 saturated heterocycles. The van der Waals surface area contributed by atoms with E-state index < -0.39 is 11.8 Å². The summed E-state index contributed by atoms with van der Waals surface area (Å²) in [5.74, 6) is 3.17. The molecule has 0 unspecified atom stereocenters. The molecule has 53 heavy (non-hydrogen) atoms. The first-order chi connectivity index (χ1) is 24.8. The van der Waals surface area contributed by atoms with E-state index in [1.54, 1.807) is 0 Å². The third-order valence-electron chi connectivity index (χ3n) is 13.7. The van der Waals surface area contributed by atoms with Crippen molar-refractivity contribution >= 4 is 29.6 Å². The highest BCUT2D eigenvalue weighted by molar-refractivity contribution is 6.13. The smallest absolute Gasteiger partial charge is 0.306 e. The minimum atomic E-state index is -0.410. The Kier molecular flexibility index (Phi) is 15.3. The fraction of sp³-hybridized carbons (Fsp3) is 0.786. The Morgan fingerprint density at radius 1 is 0.868 bits per heavy atom. The third kappa shape index (κ3) is 10.4. The minimum absolute atomic E-state index is 0. The van der Waals surface area contributed by atoms with Gasteiger partial charge >= 0.3 is 5.97 Å². The zero-order chi connectivity index (χ0) is 37.5. The minimum Gasteiger partial charge on any atom is -0.462 e. The van der Waals surface area contributed by atoms with Crippen molar-refractivity contribution in [3.63, 3.8) is 0 Å². The number of esters is 1. The van der Waals surface area contributed by atoms with E-state index in [1.165, 1.54) is 69.1 Å². The molecule has 0 bridgehead atoms. The number of nitrogens with zero attached hydrogens (tertiary/aromatic N) is 1. The number of rotatable bonds is 18. The second kappa shape index (κ2) is 19.0. The van der Waals surface area contributed by atoms with Crippen molar-refractivity contribution in [2.45, 2.75) is 131 Å². The van der Waals surface area contributed by atoms with Crippen LogP contribution >= 0.6 is 0 Å². The number of carbonyl (C=O) groups is 5. The summed E-state index contributed by atoms with van der Waals surface area (Å²) in [4.78, 5) is 61.1. The molecule has 5 N–H and O–H groups in total. The molecule has 1 heterocycles. The van der Waals surface area contributed by atoms with Gasteiger partial charge in [-0.05, 0) is 91.3 Å². The van der Waals surface area contributed by atoms with E-state index in [4.69, 9.17) is 9.47 Å². The first kappa shape index (κ1) is 42.7. The average Bonchev–Trinajstić information content (AvgIpc) is 3.63. The van der Waals surface area contributed by atoms with Gasteiger partial charge in [-0.2, -0.15) is 0 Å². The Hall–Kier alpha value is -3.05. The number of nitrogens with one attached hydrogen (secondary N) is 2. The lowest BCUT2D eigenvalue weighted by Gasteiger charge is -2.58. The standard InChI is InChI=1S/C42H65N3O7.H3N/c1-28(2)7-6-8-29(3)33-11-12-34-32-10-9-30-27-31(17-20-41(30,4)35(32)18-21-42(33,34)5)52-40(50)16-13-36(46)43-22-25-51-26-23-44-37(47)19-24-45-38(48)14-15-39(45)49;/h9,14-15,28-29,31-35H,6-8,10-13,16-27H2,1-5H3,(H,43,46)(H,44,47);1H3/t29-,31-,32+,33-,34+,35+,41+,42-;/m1./s1. The van der Waals surface area contributed by atoms with Crippen LogP contribution in [0, 0.1) is 46.3 Å². The molecule has 5 aliphatic rings. The number of fused-ring (bicyclic) bond motifs is 5. The maximum atomic E-state index is 12.8. The molecule has 5 rings (SSSR count). The van der Waals surface area contributed by atoms with Gasteiger partial charge in [0, 0.05) is 51.0 Å². The van der Waals surface area contributed by atoms with Crippen molar-refractivity contribution < 1.29 is 33.4 Å². The molecular formula is C42H68N4O7. The second-order valence-electron chi connectivity index (χ2n) is 17.4. The summed E-state index contributed by atoms with van der Waals surface area (Å²) < 4.78 is 11.4. The SMILES string of the molecule is CC(C)CCC[C@@H](C)[C@H]1CC[C@H]2[C@@H]3CC=C4C[C@H](OC(=O)CCC(=O)NCCOCCNC(=O)CCN5C(=O)C=CC5=O)CC[C@]4(C)[C@H]3CC[C@]12C.N. The first-order valence-electron chi connectivity index (χ1n) is 20.4. The topological polar surface area (TPSA) is 166 Å². The lowest BCUT2D eigenvalue weighted by atomic mass is 9.47. The monoisotopic (exact) mass is 741 g/mol. The predicted molar refractivity (Wildman–Crippen MR) is 204 cm³/mol. The van der Waals surface area contributed by atoms with Gasteiger partial charge in [-0.25, -0.2) is 0 Å². The number of carbonyl (C=O) groups excluding carboxylic acids is 5. The van der Waals surface area contributed by atoms with Crippen LogP contribution in [-0.2, 0) is 33.4 Å². The van der Waals surface area contributed by atoms with Crippen molar-refractivity contribution in [1.29, 1.82) is 0 Å². The van der Waals surface area contributed by atoms with E-state index in [9.17, 15) is 24.0 Å². The summed E-state index contributed by atoms with van der Waals surface area (Å²) in [5.41, 5.74) is 2.19. The van der Waals surface area contributed by atoms with Crippen LogP contribution in [0.3, 0.4) is 0 Å². The van der Waals surface area contributed by atoms with Crippen molar-refractivity contribution in [1.82, 2.24) is 21.7 Å². The number of amides is 4. The summed E-state index contributed by atoms with van der Waals surface area (Å²) in [6.07, 6.45) is 18.5. The van der Waals surface area contributed by atoms with Gasteiger partial charge in [-0.1, -0.05) is 65.5 Å². The Labute approximate surface area is 317 Å². The molecular weight excluding hydrogens is 672 g/mol. The Balaban J connectivity index is 0.00000627. The molecule has 3 fully saturated rings. The van der Waals surface area contributed by atoms with Crippen LogP contribution in [0.25, 0.3) is 0 Å². The second-order valence-corrected chi connectivity index (χ2v) is 17.4. The number of imide groups is 1. The fourth-order valence-corrected chi connectivity index (χ4v) is 10.9. The van der Waals surface area contributed by atoms with Crippen LogP contribution in [-0.4, -0.2) is 73.4 Å². The quantitative estimate of drug-likeness (QED) is 0.0625. The van der Waals surface area contributed by atoms with E-state index in [-0.39, 0.29) is 81.0 Å². The maximum absolute atomic E-state index is 12.8. The van der Waals surface area contributed by atoms with Gasteiger partial charge in [0.1, 0.15) is 6.10 Å². The summed E-state index contributed by atoms with van der Waals surface area (Å²) in [7, 11) is 0. The highest BCUT2D eigenvalue weighted by atomic mass is 16.5. The maximum Gasteiger partial charge on any atom is 0.306 e. The Morgan fingerprint density at radius 3 is 2.23 bits per heavy atom. The summed E-state index contributed by atoms with van der Waals surface area (Å²) in [6, 6.07) is 0. The Morgan fingerprint density at radius 2 is 1.55 bits per heavy atom. The average molecular weight is 741 g/mol. The lowest BCUT2D eigenvalue weighted by molar-refractivity contribution is -0.152. The molecule has 1 aliphatic heterocycles. The van der Waals surface area contributed by atoms with Crippen LogP contribution in [0.4, 0.5) is 0 Å². The molecule has 3 saturated carbocycles. The third-order valence-corrected chi connectivity index (χ3v) is 13.7. The van der Waals surface area contributed by atoms with Gasteiger partial charge in [-0.15, -0.1) is 0 Å². The van der Waals surface area contributed by atoms with Crippen LogP contribution in [0.5, 0.6) is 0 Å². The number of hydrogen-bond acceptors (Lipinski definition) is 8. The van der Waals surface area contributed by atoms with E-state index in [1.807, 2.05) is 0 Å². The summed E-state index contributed by atoms with van der Waals surface area (Å²) in [5, 5.41) is 5.44. The fourth-order valence-electron chi connectivity index (χ4n) is 10.9. The molecule has 0 aromatic carbocycles. The van der Waals surface area contributed by atoms with Crippen LogP contribution in [0.15, 0.2) is 23.8 Å².